The molecule has 1 aromatic carbocycles. The van der Waals surface area contributed by atoms with E-state index in [1.165, 1.54) is 12.1 Å². The highest BCUT2D eigenvalue weighted by atomic mass is 19.1. The largest absolute Gasteiger partial charge is 0.381 e. The molecule has 0 atom stereocenters. The van der Waals surface area contributed by atoms with Crippen molar-refractivity contribution in [3.8, 4) is 0 Å². The third-order valence-corrected chi connectivity index (χ3v) is 3.85. The Morgan fingerprint density at radius 2 is 2.17 bits per heavy atom. The Hall–Kier alpha value is -1.13. The maximum absolute atomic E-state index is 13.2. The molecule has 0 bridgehead atoms. The van der Waals surface area contributed by atoms with E-state index in [-0.39, 0.29) is 11.4 Å². The van der Waals surface area contributed by atoms with E-state index in [2.05, 4.69) is 5.32 Å². The lowest BCUT2D eigenvalue weighted by atomic mass is 9.80. The molecule has 0 amide bonds. The van der Waals surface area contributed by atoms with E-state index in [1.807, 2.05) is 6.07 Å². The van der Waals surface area contributed by atoms with Crippen LogP contribution in [0.25, 0.3) is 0 Å². The van der Waals surface area contributed by atoms with Gasteiger partial charge in [-0.15, -0.1) is 0 Å². The molecule has 1 saturated carbocycles. The zero-order valence-corrected chi connectivity index (χ0v) is 10.8. The molecule has 1 fully saturated rings. The van der Waals surface area contributed by atoms with Gasteiger partial charge in [-0.3, -0.25) is 0 Å². The lowest BCUT2D eigenvalue weighted by Crippen LogP contribution is -2.49. The zero-order valence-electron chi connectivity index (χ0n) is 10.8. The predicted octanol–water partition coefficient (Wildman–Crippen LogP) is 2.52. The first-order valence-electron chi connectivity index (χ1n) is 6.44. The molecule has 0 heterocycles. The topological polar surface area (TPSA) is 47.3 Å². The van der Waals surface area contributed by atoms with Gasteiger partial charge >= 0.3 is 0 Å². The van der Waals surface area contributed by atoms with Gasteiger partial charge in [0.1, 0.15) is 5.82 Å². The van der Waals surface area contributed by atoms with E-state index in [9.17, 15) is 4.39 Å². The van der Waals surface area contributed by atoms with Crippen LogP contribution in [0.1, 0.15) is 25.7 Å². The number of nitrogens with two attached hydrogens (primary N) is 1. The van der Waals surface area contributed by atoms with E-state index >= 15 is 0 Å². The van der Waals surface area contributed by atoms with E-state index in [1.54, 1.807) is 13.2 Å². The highest BCUT2D eigenvalue weighted by Gasteiger charge is 2.34. The van der Waals surface area contributed by atoms with Gasteiger partial charge in [0.15, 0.2) is 0 Å². The molecular weight excluding hydrogens is 231 g/mol. The number of rotatable bonds is 4. The average Bonchev–Trinajstić information content (AvgIpc) is 2.39. The molecule has 0 spiro atoms. The van der Waals surface area contributed by atoms with Crippen LogP contribution in [-0.4, -0.2) is 25.3 Å². The molecule has 18 heavy (non-hydrogen) atoms. The van der Waals surface area contributed by atoms with Gasteiger partial charge in [-0.25, -0.2) is 4.39 Å². The Morgan fingerprint density at radius 3 is 2.72 bits per heavy atom. The lowest BCUT2D eigenvalue weighted by Gasteiger charge is -2.40. The first-order valence-corrected chi connectivity index (χ1v) is 6.44. The fraction of sp³-hybridized carbons (Fsp3) is 0.571. The van der Waals surface area contributed by atoms with Gasteiger partial charge < -0.3 is 15.8 Å². The van der Waals surface area contributed by atoms with Gasteiger partial charge in [0, 0.05) is 24.9 Å². The summed E-state index contributed by atoms with van der Waals surface area (Å²) in [6.45, 7) is 0.556. The van der Waals surface area contributed by atoms with Crippen molar-refractivity contribution in [2.75, 3.05) is 19.0 Å². The SMILES string of the molecule is COC1CCC(CN)(Nc2cccc(F)c2)CC1. The highest BCUT2D eigenvalue weighted by molar-refractivity contribution is 5.46. The lowest BCUT2D eigenvalue weighted by molar-refractivity contribution is 0.0550. The number of benzene rings is 1. The molecule has 0 saturated heterocycles. The number of methoxy groups -OCH3 is 1. The second-order valence-corrected chi connectivity index (χ2v) is 5.05. The summed E-state index contributed by atoms with van der Waals surface area (Å²) in [5.41, 5.74) is 6.59. The average molecular weight is 252 g/mol. The van der Waals surface area contributed by atoms with Crippen molar-refractivity contribution < 1.29 is 9.13 Å². The van der Waals surface area contributed by atoms with Crippen LogP contribution in [0.5, 0.6) is 0 Å². The van der Waals surface area contributed by atoms with Crippen LogP contribution >= 0.6 is 0 Å². The number of nitrogens with one attached hydrogen (secondary N) is 1. The number of ether oxygens (including phenoxy) is 1. The Labute approximate surface area is 108 Å². The van der Waals surface area contributed by atoms with Gasteiger partial charge in [0.25, 0.3) is 0 Å². The van der Waals surface area contributed by atoms with Crippen LogP contribution in [0.4, 0.5) is 10.1 Å². The predicted molar refractivity (Wildman–Crippen MR) is 71.1 cm³/mol. The minimum Gasteiger partial charge on any atom is -0.381 e. The third kappa shape index (κ3) is 3.00. The van der Waals surface area contributed by atoms with Crippen LogP contribution in [0, 0.1) is 5.82 Å². The molecule has 4 heteroatoms. The molecule has 1 aliphatic rings. The van der Waals surface area contributed by atoms with E-state index in [4.69, 9.17) is 10.5 Å². The molecule has 2 rings (SSSR count). The summed E-state index contributed by atoms with van der Waals surface area (Å²) in [5.74, 6) is -0.224. The van der Waals surface area contributed by atoms with Crippen molar-refractivity contribution in [2.24, 2.45) is 5.73 Å². The van der Waals surface area contributed by atoms with Crippen LogP contribution < -0.4 is 11.1 Å². The summed E-state index contributed by atoms with van der Waals surface area (Å²) in [6.07, 6.45) is 4.24. The molecule has 3 nitrogen and oxygen atoms in total. The monoisotopic (exact) mass is 252 g/mol. The van der Waals surface area contributed by atoms with Gasteiger partial charge in [-0.1, -0.05) is 6.07 Å². The van der Waals surface area contributed by atoms with Crippen molar-refractivity contribution in [1.29, 1.82) is 0 Å². The maximum Gasteiger partial charge on any atom is 0.125 e. The molecule has 0 unspecified atom stereocenters. The van der Waals surface area contributed by atoms with Crippen molar-refractivity contribution in [2.45, 2.75) is 37.3 Å². The normalized spacial score (nSPS) is 28.1. The number of anilines is 1. The Balaban J connectivity index is 2.05. The molecular formula is C14H21FN2O. The van der Waals surface area contributed by atoms with Crippen LogP contribution in [-0.2, 0) is 4.74 Å². The summed E-state index contributed by atoms with van der Waals surface area (Å²) in [7, 11) is 1.75. The van der Waals surface area contributed by atoms with Crippen LogP contribution in [0.3, 0.4) is 0 Å². The second-order valence-electron chi connectivity index (χ2n) is 5.05. The Bertz CT molecular complexity index is 389. The molecule has 0 radical (unpaired) electrons. The quantitative estimate of drug-likeness (QED) is 0.865. The number of hydrogen-bond donors (Lipinski definition) is 2. The summed E-state index contributed by atoms with van der Waals surface area (Å²) in [4.78, 5) is 0. The van der Waals surface area contributed by atoms with Crippen molar-refractivity contribution in [1.82, 2.24) is 0 Å². The summed E-state index contributed by atoms with van der Waals surface area (Å²) in [6, 6.07) is 6.55. The molecule has 100 valence electrons. The van der Waals surface area contributed by atoms with Crippen LogP contribution in [0.15, 0.2) is 24.3 Å². The number of halogens is 1. The highest BCUT2D eigenvalue weighted by Crippen LogP contribution is 2.32. The first-order chi connectivity index (χ1) is 8.67. The van der Waals surface area contributed by atoms with E-state index in [0.29, 0.717) is 12.6 Å². The van der Waals surface area contributed by atoms with Crippen LogP contribution in [0.2, 0.25) is 0 Å². The van der Waals surface area contributed by atoms with E-state index in [0.717, 1.165) is 31.4 Å². The minimum absolute atomic E-state index is 0.122. The van der Waals surface area contributed by atoms with Gasteiger partial charge in [-0.2, -0.15) is 0 Å². The molecule has 0 aromatic heterocycles. The zero-order chi connectivity index (χ0) is 13.0. The van der Waals surface area contributed by atoms with Gasteiger partial charge in [-0.05, 0) is 43.9 Å². The Morgan fingerprint density at radius 1 is 1.44 bits per heavy atom. The van der Waals surface area contributed by atoms with Gasteiger partial charge in [0.05, 0.1) is 6.10 Å². The summed E-state index contributed by atoms with van der Waals surface area (Å²) >= 11 is 0. The van der Waals surface area contributed by atoms with Gasteiger partial charge in [0.2, 0.25) is 0 Å². The molecule has 3 N–H and O–H groups in total. The molecule has 0 aliphatic heterocycles. The number of hydrogen-bond acceptors (Lipinski definition) is 3. The summed E-state index contributed by atoms with van der Waals surface area (Å²) in [5, 5.41) is 3.41. The molecule has 1 aliphatic carbocycles. The summed E-state index contributed by atoms with van der Waals surface area (Å²) < 4.78 is 18.5. The van der Waals surface area contributed by atoms with E-state index < -0.39 is 0 Å². The first kappa shape index (κ1) is 13.3. The molecule has 1 aromatic rings. The Kier molecular flexibility index (Phi) is 4.19. The minimum atomic E-state index is -0.224. The maximum atomic E-state index is 13.2. The fourth-order valence-corrected chi connectivity index (χ4v) is 2.63. The standard InChI is InChI=1S/C14H21FN2O/c1-18-13-5-7-14(10-16,8-6-13)17-12-4-2-3-11(15)9-12/h2-4,9,13,17H,5-8,10,16H2,1H3. The smallest absolute Gasteiger partial charge is 0.125 e. The van der Waals surface area contributed by atoms with Crippen molar-refractivity contribution in [3.05, 3.63) is 30.1 Å². The van der Waals surface area contributed by atoms with Crippen molar-refractivity contribution >= 4 is 5.69 Å². The third-order valence-electron chi connectivity index (χ3n) is 3.85. The van der Waals surface area contributed by atoms with Crippen molar-refractivity contribution in [3.63, 3.8) is 0 Å². The second kappa shape index (κ2) is 5.67. The fourth-order valence-electron chi connectivity index (χ4n) is 2.63.